The van der Waals surface area contributed by atoms with Gasteiger partial charge in [0, 0.05) is 45.5 Å². The van der Waals surface area contributed by atoms with Gasteiger partial charge in [-0.2, -0.15) is 0 Å². The van der Waals surface area contributed by atoms with Crippen molar-refractivity contribution in [1.29, 1.82) is 0 Å². The quantitative estimate of drug-likeness (QED) is 0.536. The maximum Gasteiger partial charge on any atom is 0.241 e. The fourth-order valence-electron chi connectivity index (χ4n) is 3.89. The van der Waals surface area contributed by atoms with Crippen molar-refractivity contribution in [2.75, 3.05) is 36.9 Å². The SMILES string of the molecule is CC(=O)NCC(=O)N1CCC(N(C)c2ncc(-c3cccc(Nc4cc(C)ccn4)n3)s2)CC1. The number of nitrogens with one attached hydrogen (secondary N) is 2. The number of likely N-dealkylation sites (tertiary alicyclic amines) is 1. The average Bonchev–Trinajstić information content (AvgIpc) is 3.33. The van der Waals surface area contributed by atoms with Crippen LogP contribution in [0.15, 0.2) is 42.7 Å². The number of amides is 2. The van der Waals surface area contributed by atoms with Gasteiger partial charge in [0.1, 0.15) is 11.6 Å². The van der Waals surface area contributed by atoms with Crippen molar-refractivity contribution in [3.63, 3.8) is 0 Å². The molecule has 1 saturated heterocycles. The Kier molecular flexibility index (Phi) is 7.36. The number of nitrogens with zero attached hydrogens (tertiary/aromatic N) is 5. The van der Waals surface area contributed by atoms with Crippen LogP contribution in [0.25, 0.3) is 10.6 Å². The fourth-order valence-corrected chi connectivity index (χ4v) is 4.81. The summed E-state index contributed by atoms with van der Waals surface area (Å²) in [4.78, 5) is 42.0. The van der Waals surface area contributed by atoms with Gasteiger partial charge >= 0.3 is 0 Å². The number of pyridine rings is 2. The topological polar surface area (TPSA) is 103 Å². The molecular formula is C24H29N7O2S. The zero-order valence-electron chi connectivity index (χ0n) is 19.6. The minimum Gasteiger partial charge on any atom is -0.348 e. The van der Waals surface area contributed by atoms with Gasteiger partial charge in [-0.25, -0.2) is 15.0 Å². The largest absolute Gasteiger partial charge is 0.348 e. The minimum absolute atomic E-state index is 0.0340. The minimum atomic E-state index is -0.190. The van der Waals surface area contributed by atoms with Crippen LogP contribution in [-0.2, 0) is 9.59 Å². The number of carbonyl (C=O) groups excluding carboxylic acids is 2. The van der Waals surface area contributed by atoms with E-state index in [2.05, 4.69) is 32.5 Å². The fraction of sp³-hybridized carbons (Fsp3) is 0.375. The van der Waals surface area contributed by atoms with Crippen molar-refractivity contribution in [1.82, 2.24) is 25.2 Å². The molecule has 0 aliphatic carbocycles. The van der Waals surface area contributed by atoms with Crippen LogP contribution in [0.5, 0.6) is 0 Å². The van der Waals surface area contributed by atoms with E-state index >= 15 is 0 Å². The summed E-state index contributed by atoms with van der Waals surface area (Å²) in [5.74, 6) is 1.27. The third-order valence-corrected chi connectivity index (χ3v) is 6.93. The predicted molar refractivity (Wildman–Crippen MR) is 134 cm³/mol. The van der Waals surface area contributed by atoms with E-state index < -0.39 is 0 Å². The van der Waals surface area contributed by atoms with Gasteiger partial charge in [0.2, 0.25) is 11.8 Å². The van der Waals surface area contributed by atoms with E-state index in [0.29, 0.717) is 19.1 Å². The lowest BCUT2D eigenvalue weighted by Crippen LogP contribution is -2.48. The normalized spacial score (nSPS) is 14.0. The van der Waals surface area contributed by atoms with Crippen molar-refractivity contribution in [2.45, 2.75) is 32.7 Å². The summed E-state index contributed by atoms with van der Waals surface area (Å²) in [7, 11) is 2.05. The third-order valence-electron chi connectivity index (χ3n) is 5.82. The molecule has 3 aromatic heterocycles. The van der Waals surface area contributed by atoms with Gasteiger partial charge in [-0.05, 0) is 49.6 Å². The van der Waals surface area contributed by atoms with E-state index in [0.717, 1.165) is 45.7 Å². The Hall–Kier alpha value is -3.53. The Labute approximate surface area is 203 Å². The molecule has 4 heterocycles. The van der Waals surface area contributed by atoms with Gasteiger partial charge in [0.05, 0.1) is 17.1 Å². The molecule has 0 radical (unpaired) electrons. The highest BCUT2D eigenvalue weighted by atomic mass is 32.1. The molecule has 0 aromatic carbocycles. The first kappa shape index (κ1) is 23.6. The van der Waals surface area contributed by atoms with Crippen LogP contribution in [0, 0.1) is 6.92 Å². The molecule has 0 atom stereocenters. The second kappa shape index (κ2) is 10.6. The predicted octanol–water partition coefficient (Wildman–Crippen LogP) is 3.22. The van der Waals surface area contributed by atoms with Crippen LogP contribution in [0.2, 0.25) is 0 Å². The summed E-state index contributed by atoms with van der Waals surface area (Å²) in [5.41, 5.74) is 1.99. The lowest BCUT2D eigenvalue weighted by molar-refractivity contribution is -0.133. The molecular weight excluding hydrogens is 450 g/mol. The monoisotopic (exact) mass is 479 g/mol. The molecule has 2 N–H and O–H groups in total. The number of aromatic nitrogens is 3. The zero-order valence-corrected chi connectivity index (χ0v) is 20.4. The van der Waals surface area contributed by atoms with Gasteiger partial charge in [0.25, 0.3) is 0 Å². The Morgan fingerprint density at radius 2 is 1.97 bits per heavy atom. The summed E-state index contributed by atoms with van der Waals surface area (Å²) in [5, 5.41) is 6.77. The molecule has 0 saturated carbocycles. The summed E-state index contributed by atoms with van der Waals surface area (Å²) >= 11 is 1.60. The second-order valence-corrected chi connectivity index (χ2v) is 9.40. The van der Waals surface area contributed by atoms with Crippen LogP contribution in [0.1, 0.15) is 25.3 Å². The van der Waals surface area contributed by atoms with Crippen molar-refractivity contribution in [3.8, 4) is 10.6 Å². The lowest BCUT2D eigenvalue weighted by atomic mass is 10.0. The first-order chi connectivity index (χ1) is 16.4. The van der Waals surface area contributed by atoms with Crippen LogP contribution in [0.4, 0.5) is 16.8 Å². The Balaban J connectivity index is 1.37. The Morgan fingerprint density at radius 3 is 2.71 bits per heavy atom. The standard InChI is InChI=1S/C24H29N7O2S/c1-16-7-10-25-22(13-16)29-21-6-4-5-19(28-21)20-14-27-24(34-20)30(3)18-8-11-31(12-9-18)23(33)15-26-17(2)32/h4-7,10,13-14,18H,8-9,11-12,15H2,1-3H3,(H,26,32)(H,25,28,29). The first-order valence-electron chi connectivity index (χ1n) is 11.3. The van der Waals surface area contributed by atoms with Gasteiger partial charge in [-0.15, -0.1) is 0 Å². The molecule has 1 aliphatic heterocycles. The first-order valence-corrected chi connectivity index (χ1v) is 12.1. The van der Waals surface area contributed by atoms with E-state index in [4.69, 9.17) is 4.98 Å². The number of aryl methyl sites for hydroxylation is 1. The van der Waals surface area contributed by atoms with Crippen LogP contribution in [0.3, 0.4) is 0 Å². The maximum absolute atomic E-state index is 12.2. The number of carbonyl (C=O) groups is 2. The molecule has 0 bridgehead atoms. The number of anilines is 3. The van der Waals surface area contributed by atoms with Gasteiger partial charge in [-0.3, -0.25) is 9.59 Å². The number of thiazole rings is 1. The van der Waals surface area contributed by atoms with E-state index in [-0.39, 0.29) is 18.4 Å². The molecule has 0 spiro atoms. The van der Waals surface area contributed by atoms with Gasteiger partial charge in [0.15, 0.2) is 5.13 Å². The smallest absolute Gasteiger partial charge is 0.241 e. The highest BCUT2D eigenvalue weighted by Crippen LogP contribution is 2.32. The van der Waals surface area contributed by atoms with Crippen LogP contribution < -0.4 is 15.5 Å². The third kappa shape index (κ3) is 5.88. The number of rotatable bonds is 7. The van der Waals surface area contributed by atoms with E-state index in [1.807, 2.05) is 48.4 Å². The highest BCUT2D eigenvalue weighted by Gasteiger charge is 2.26. The molecule has 0 unspecified atom stereocenters. The van der Waals surface area contributed by atoms with Crippen LogP contribution >= 0.6 is 11.3 Å². The molecule has 1 fully saturated rings. The Morgan fingerprint density at radius 1 is 1.18 bits per heavy atom. The van der Waals surface area contributed by atoms with Crippen molar-refractivity contribution >= 4 is 39.9 Å². The number of hydrogen-bond acceptors (Lipinski definition) is 8. The zero-order chi connectivity index (χ0) is 24.1. The van der Waals surface area contributed by atoms with Crippen LogP contribution in [-0.4, -0.2) is 64.4 Å². The van der Waals surface area contributed by atoms with Gasteiger partial charge in [-0.1, -0.05) is 17.4 Å². The summed E-state index contributed by atoms with van der Waals surface area (Å²) in [6.07, 6.45) is 5.35. The van der Waals surface area contributed by atoms with Crippen molar-refractivity contribution in [2.24, 2.45) is 0 Å². The average molecular weight is 480 g/mol. The number of piperidine rings is 1. The second-order valence-electron chi connectivity index (χ2n) is 8.39. The summed E-state index contributed by atoms with van der Waals surface area (Å²) in [6.45, 7) is 4.86. The maximum atomic E-state index is 12.2. The molecule has 2 amide bonds. The molecule has 1 aliphatic rings. The van der Waals surface area contributed by atoms with E-state index in [1.54, 1.807) is 17.5 Å². The number of hydrogen-bond donors (Lipinski definition) is 2. The van der Waals surface area contributed by atoms with Crippen molar-refractivity contribution in [3.05, 3.63) is 48.3 Å². The lowest BCUT2D eigenvalue weighted by Gasteiger charge is -2.36. The molecule has 34 heavy (non-hydrogen) atoms. The molecule has 178 valence electrons. The summed E-state index contributed by atoms with van der Waals surface area (Å²) in [6, 6.07) is 10.1. The van der Waals surface area contributed by atoms with E-state index in [9.17, 15) is 9.59 Å². The Bertz CT molecular complexity index is 1160. The molecule has 3 aromatic rings. The molecule has 10 heteroatoms. The molecule has 9 nitrogen and oxygen atoms in total. The van der Waals surface area contributed by atoms with E-state index in [1.165, 1.54) is 6.92 Å². The van der Waals surface area contributed by atoms with Crippen molar-refractivity contribution < 1.29 is 9.59 Å². The van der Waals surface area contributed by atoms with Gasteiger partial charge < -0.3 is 20.4 Å². The summed E-state index contributed by atoms with van der Waals surface area (Å²) < 4.78 is 0. The molecule has 4 rings (SSSR count). The highest BCUT2D eigenvalue weighted by molar-refractivity contribution is 7.18.